The van der Waals surface area contributed by atoms with Gasteiger partial charge in [-0.3, -0.25) is 14.3 Å². The van der Waals surface area contributed by atoms with Gasteiger partial charge in [0, 0.05) is 16.2 Å². The number of hydrogen-bond donors (Lipinski definition) is 1. The van der Waals surface area contributed by atoms with Crippen molar-refractivity contribution < 1.29 is 4.39 Å². The number of hydrogen-bond acceptors (Lipinski definition) is 2. The summed E-state index contributed by atoms with van der Waals surface area (Å²) in [7, 11) is 0. The first-order valence-corrected chi connectivity index (χ1v) is 6.07. The lowest BCUT2D eigenvalue weighted by molar-refractivity contribution is 0.592. The highest BCUT2D eigenvalue weighted by molar-refractivity contribution is 9.10. The second-order valence-corrected chi connectivity index (χ2v) is 4.92. The zero-order chi connectivity index (χ0) is 13.3. The second-order valence-electron chi connectivity index (χ2n) is 3.60. The smallest absolute Gasteiger partial charge is 0.295 e. The molecule has 0 aliphatic rings. The summed E-state index contributed by atoms with van der Waals surface area (Å²) in [5, 5.41) is -0.120. The summed E-state index contributed by atoms with van der Waals surface area (Å²) in [6, 6.07) is 4.40. The molecular formula is C11H7BrClFN2O2. The summed E-state index contributed by atoms with van der Waals surface area (Å²) in [6.07, 6.45) is 1.18. The maximum absolute atomic E-state index is 13.5. The van der Waals surface area contributed by atoms with E-state index in [2.05, 4.69) is 15.9 Å². The Bertz CT molecular complexity index is 711. The zero-order valence-corrected chi connectivity index (χ0v) is 11.3. The summed E-state index contributed by atoms with van der Waals surface area (Å²) in [5.41, 5.74) is -0.981. The molecule has 1 aromatic heterocycles. The van der Waals surface area contributed by atoms with Crippen LogP contribution in [0.4, 0.5) is 4.39 Å². The lowest BCUT2D eigenvalue weighted by Crippen LogP contribution is -2.30. The second kappa shape index (κ2) is 5.07. The van der Waals surface area contributed by atoms with Gasteiger partial charge in [0.25, 0.3) is 5.56 Å². The quantitative estimate of drug-likeness (QED) is 0.915. The van der Waals surface area contributed by atoms with Crippen LogP contribution in [-0.4, -0.2) is 9.55 Å². The number of H-pyrrole nitrogens is 1. The molecule has 1 aromatic carbocycles. The van der Waals surface area contributed by atoms with E-state index in [1.807, 2.05) is 4.98 Å². The Morgan fingerprint density at radius 2 is 2.11 bits per heavy atom. The Morgan fingerprint density at radius 1 is 1.39 bits per heavy atom. The average molecular weight is 334 g/mol. The Kier molecular flexibility index (Phi) is 3.68. The molecule has 4 nitrogen and oxygen atoms in total. The third kappa shape index (κ3) is 2.70. The summed E-state index contributed by atoms with van der Waals surface area (Å²) in [5.74, 6) is -0.438. The monoisotopic (exact) mass is 332 g/mol. The zero-order valence-electron chi connectivity index (χ0n) is 8.91. The van der Waals surface area contributed by atoms with Crippen LogP contribution in [0.5, 0.6) is 0 Å². The number of aromatic amines is 1. The summed E-state index contributed by atoms with van der Waals surface area (Å²) in [6.45, 7) is -0.0133. The van der Waals surface area contributed by atoms with Crippen molar-refractivity contribution in [3.8, 4) is 0 Å². The average Bonchev–Trinajstić information content (AvgIpc) is 2.30. The SMILES string of the molecule is O=c1[nH]c(=O)n(Cc2cc(Br)ccc2F)cc1Cl. The molecule has 0 aliphatic carbocycles. The Hall–Kier alpha value is -1.40. The molecule has 0 saturated heterocycles. The van der Waals surface area contributed by atoms with Gasteiger partial charge < -0.3 is 0 Å². The number of halogens is 3. The lowest BCUT2D eigenvalue weighted by atomic mass is 10.2. The van der Waals surface area contributed by atoms with Crippen molar-refractivity contribution in [2.24, 2.45) is 0 Å². The molecule has 1 heterocycles. The van der Waals surface area contributed by atoms with Crippen LogP contribution in [0.15, 0.2) is 38.5 Å². The first-order chi connectivity index (χ1) is 8.47. The molecule has 18 heavy (non-hydrogen) atoms. The molecule has 0 aliphatic heterocycles. The van der Waals surface area contributed by atoms with Crippen LogP contribution in [0.2, 0.25) is 5.02 Å². The van der Waals surface area contributed by atoms with Crippen molar-refractivity contribution in [1.29, 1.82) is 0 Å². The molecule has 0 amide bonds. The van der Waals surface area contributed by atoms with Crippen molar-refractivity contribution in [2.75, 3.05) is 0 Å². The lowest BCUT2D eigenvalue weighted by Gasteiger charge is -2.07. The number of nitrogens with one attached hydrogen (secondary N) is 1. The van der Waals surface area contributed by atoms with Gasteiger partial charge in [-0.15, -0.1) is 0 Å². The van der Waals surface area contributed by atoms with Crippen molar-refractivity contribution in [3.05, 3.63) is 66.1 Å². The molecule has 2 rings (SSSR count). The maximum Gasteiger partial charge on any atom is 0.328 e. The first kappa shape index (κ1) is 13.0. The Balaban J connectivity index is 2.46. The van der Waals surface area contributed by atoms with Gasteiger partial charge in [0.05, 0.1) is 6.54 Å². The Morgan fingerprint density at radius 3 is 2.83 bits per heavy atom. The van der Waals surface area contributed by atoms with E-state index in [4.69, 9.17) is 11.6 Å². The molecule has 0 atom stereocenters. The number of rotatable bonds is 2. The van der Waals surface area contributed by atoms with Crippen molar-refractivity contribution >= 4 is 27.5 Å². The van der Waals surface area contributed by atoms with Gasteiger partial charge in [-0.2, -0.15) is 0 Å². The predicted molar refractivity (Wildman–Crippen MR) is 69.5 cm³/mol. The van der Waals surface area contributed by atoms with E-state index in [1.54, 1.807) is 12.1 Å². The van der Waals surface area contributed by atoms with Crippen LogP contribution in [0.25, 0.3) is 0 Å². The summed E-state index contributed by atoms with van der Waals surface area (Å²) >= 11 is 8.83. The van der Waals surface area contributed by atoms with E-state index in [0.717, 1.165) is 4.57 Å². The predicted octanol–water partition coefficient (Wildman–Crippen LogP) is 2.14. The topological polar surface area (TPSA) is 54.9 Å². The third-order valence-electron chi connectivity index (χ3n) is 2.32. The van der Waals surface area contributed by atoms with E-state index in [1.165, 1.54) is 12.3 Å². The molecule has 0 saturated carbocycles. The molecule has 1 N–H and O–H groups in total. The minimum atomic E-state index is -0.660. The molecular weight excluding hydrogens is 326 g/mol. The van der Waals surface area contributed by atoms with Gasteiger partial charge >= 0.3 is 5.69 Å². The first-order valence-electron chi connectivity index (χ1n) is 4.90. The van der Waals surface area contributed by atoms with Crippen LogP contribution in [0.3, 0.4) is 0 Å². The molecule has 0 bridgehead atoms. The number of aromatic nitrogens is 2. The van der Waals surface area contributed by atoms with E-state index in [0.29, 0.717) is 10.0 Å². The van der Waals surface area contributed by atoms with E-state index in [9.17, 15) is 14.0 Å². The molecule has 94 valence electrons. The molecule has 7 heteroatoms. The fourth-order valence-corrected chi connectivity index (χ4v) is 2.02. The summed E-state index contributed by atoms with van der Waals surface area (Å²) < 4.78 is 15.4. The number of nitrogens with zero attached hydrogens (tertiary/aromatic N) is 1. The van der Waals surface area contributed by atoms with Crippen molar-refractivity contribution in [3.63, 3.8) is 0 Å². The Labute approximate surface area is 114 Å². The van der Waals surface area contributed by atoms with Crippen molar-refractivity contribution in [1.82, 2.24) is 9.55 Å². The minimum absolute atomic E-state index is 0.0133. The molecule has 2 aromatic rings. The van der Waals surface area contributed by atoms with Crippen LogP contribution >= 0.6 is 27.5 Å². The largest absolute Gasteiger partial charge is 0.328 e. The van der Waals surface area contributed by atoms with E-state index in [-0.39, 0.29) is 11.6 Å². The van der Waals surface area contributed by atoms with E-state index >= 15 is 0 Å². The van der Waals surface area contributed by atoms with Gasteiger partial charge in [0.15, 0.2) is 0 Å². The van der Waals surface area contributed by atoms with Crippen LogP contribution in [0.1, 0.15) is 5.56 Å². The molecule has 0 spiro atoms. The highest BCUT2D eigenvalue weighted by Gasteiger charge is 2.07. The van der Waals surface area contributed by atoms with Gasteiger partial charge in [-0.25, -0.2) is 9.18 Å². The molecule has 0 radical (unpaired) electrons. The van der Waals surface area contributed by atoms with Gasteiger partial charge in [-0.05, 0) is 18.2 Å². The number of benzene rings is 1. The highest BCUT2D eigenvalue weighted by atomic mass is 79.9. The van der Waals surface area contributed by atoms with Gasteiger partial charge in [-0.1, -0.05) is 27.5 Å². The molecule has 0 unspecified atom stereocenters. The summed E-state index contributed by atoms with van der Waals surface area (Å²) in [4.78, 5) is 24.6. The fourth-order valence-electron chi connectivity index (χ4n) is 1.45. The van der Waals surface area contributed by atoms with Crippen molar-refractivity contribution in [2.45, 2.75) is 6.54 Å². The standard InChI is InChI=1S/C11H7BrClFN2O2/c12-7-1-2-9(14)6(3-7)4-16-5-8(13)10(17)15-11(16)18/h1-3,5H,4H2,(H,15,17,18). The van der Waals surface area contributed by atoms with E-state index < -0.39 is 17.1 Å². The van der Waals surface area contributed by atoms with Gasteiger partial charge in [0.1, 0.15) is 10.8 Å². The normalized spacial score (nSPS) is 10.6. The maximum atomic E-state index is 13.5. The van der Waals surface area contributed by atoms with Gasteiger partial charge in [0.2, 0.25) is 0 Å². The third-order valence-corrected chi connectivity index (χ3v) is 3.08. The molecule has 0 fully saturated rings. The fraction of sp³-hybridized carbons (Fsp3) is 0.0909. The van der Waals surface area contributed by atoms with Crippen LogP contribution < -0.4 is 11.2 Å². The van der Waals surface area contributed by atoms with Crippen LogP contribution in [0, 0.1) is 5.82 Å². The van der Waals surface area contributed by atoms with Crippen LogP contribution in [-0.2, 0) is 6.54 Å². The highest BCUT2D eigenvalue weighted by Crippen LogP contribution is 2.16. The minimum Gasteiger partial charge on any atom is -0.295 e.